The predicted octanol–water partition coefficient (Wildman–Crippen LogP) is 4.13. The summed E-state index contributed by atoms with van der Waals surface area (Å²) in [5.41, 5.74) is 1.25. The highest BCUT2D eigenvalue weighted by atomic mass is 35.5. The number of halogens is 2. The predicted molar refractivity (Wildman–Crippen MR) is 102 cm³/mol. The zero-order valence-electron chi connectivity index (χ0n) is 13.5. The molecule has 27 heavy (non-hydrogen) atoms. The van der Waals surface area contributed by atoms with Crippen molar-refractivity contribution in [3.05, 3.63) is 80.9 Å². The summed E-state index contributed by atoms with van der Waals surface area (Å²) in [6.45, 7) is 0. The van der Waals surface area contributed by atoms with Gasteiger partial charge in [-0.3, -0.25) is 14.9 Å². The van der Waals surface area contributed by atoms with Crippen LogP contribution in [-0.2, 0) is 4.79 Å². The molecule has 8 nitrogen and oxygen atoms in total. The second-order valence-electron chi connectivity index (χ2n) is 5.29. The topological polar surface area (TPSA) is 103 Å². The van der Waals surface area contributed by atoms with Gasteiger partial charge in [-0.15, -0.1) is 0 Å². The van der Waals surface area contributed by atoms with Crippen LogP contribution >= 0.6 is 23.2 Å². The number of aromatic nitrogens is 3. The highest BCUT2D eigenvalue weighted by Crippen LogP contribution is 2.26. The number of benzene rings is 2. The Kier molecular flexibility index (Phi) is 5.49. The third kappa shape index (κ3) is 4.49. The summed E-state index contributed by atoms with van der Waals surface area (Å²) in [7, 11) is 0. The third-order valence-corrected chi connectivity index (χ3v) is 4.03. The van der Waals surface area contributed by atoms with Crippen LogP contribution in [0.4, 0.5) is 11.4 Å². The molecule has 3 aromatic rings. The van der Waals surface area contributed by atoms with Crippen molar-refractivity contribution < 1.29 is 9.72 Å². The summed E-state index contributed by atoms with van der Waals surface area (Å²) in [4.78, 5) is 26.5. The number of nitrogens with zero attached hydrogens (tertiary/aromatic N) is 4. The standard InChI is InChI=1S/C17H11Cl2N5O3/c18-12-3-5-15(23-10-20-9-21-23)14(8-12)22-17(25)6-2-11-1-4-13(19)16(7-11)24(26)27/h1-10H,(H,22,25). The molecule has 0 bridgehead atoms. The fourth-order valence-electron chi connectivity index (χ4n) is 2.26. The first-order chi connectivity index (χ1) is 12.9. The lowest BCUT2D eigenvalue weighted by atomic mass is 10.2. The molecule has 2 aromatic carbocycles. The van der Waals surface area contributed by atoms with Crippen LogP contribution in [0.5, 0.6) is 0 Å². The lowest BCUT2D eigenvalue weighted by molar-refractivity contribution is -0.384. The highest BCUT2D eigenvalue weighted by Gasteiger charge is 2.12. The van der Waals surface area contributed by atoms with Crippen LogP contribution in [0.15, 0.2) is 55.1 Å². The molecule has 0 saturated carbocycles. The maximum atomic E-state index is 12.3. The number of nitro benzene ring substituents is 1. The van der Waals surface area contributed by atoms with Gasteiger partial charge in [-0.05, 0) is 35.9 Å². The van der Waals surface area contributed by atoms with E-state index in [-0.39, 0.29) is 10.7 Å². The molecule has 3 rings (SSSR count). The number of anilines is 1. The molecule has 0 aliphatic rings. The van der Waals surface area contributed by atoms with Crippen LogP contribution in [0.3, 0.4) is 0 Å². The lowest BCUT2D eigenvalue weighted by Crippen LogP contribution is -2.11. The van der Waals surface area contributed by atoms with Gasteiger partial charge in [0.1, 0.15) is 17.7 Å². The third-order valence-electron chi connectivity index (χ3n) is 3.48. The van der Waals surface area contributed by atoms with Gasteiger partial charge in [0.15, 0.2) is 0 Å². The van der Waals surface area contributed by atoms with E-state index in [0.29, 0.717) is 22.0 Å². The molecule has 1 N–H and O–H groups in total. The summed E-state index contributed by atoms with van der Waals surface area (Å²) >= 11 is 11.8. The fraction of sp³-hybridized carbons (Fsp3) is 0. The van der Waals surface area contributed by atoms with Crippen LogP contribution < -0.4 is 5.32 Å². The van der Waals surface area contributed by atoms with Gasteiger partial charge in [-0.1, -0.05) is 29.3 Å². The van der Waals surface area contributed by atoms with E-state index in [1.807, 2.05) is 0 Å². The lowest BCUT2D eigenvalue weighted by Gasteiger charge is -2.10. The van der Waals surface area contributed by atoms with E-state index < -0.39 is 10.8 Å². The smallest absolute Gasteiger partial charge is 0.288 e. The van der Waals surface area contributed by atoms with Gasteiger partial charge in [0.25, 0.3) is 5.69 Å². The Hall–Kier alpha value is -3.23. The second kappa shape index (κ2) is 7.98. The molecule has 1 heterocycles. The van der Waals surface area contributed by atoms with Crippen molar-refractivity contribution in [2.75, 3.05) is 5.32 Å². The number of hydrogen-bond acceptors (Lipinski definition) is 5. The summed E-state index contributed by atoms with van der Waals surface area (Å²) < 4.78 is 1.48. The van der Waals surface area contributed by atoms with E-state index >= 15 is 0 Å². The summed E-state index contributed by atoms with van der Waals surface area (Å²) in [6, 6.07) is 9.19. The molecule has 1 amide bonds. The molecule has 0 saturated heterocycles. The zero-order chi connectivity index (χ0) is 19.4. The van der Waals surface area contributed by atoms with Crippen molar-refractivity contribution in [2.24, 2.45) is 0 Å². The first-order valence-corrected chi connectivity index (χ1v) is 8.27. The molecule has 0 atom stereocenters. The van der Waals surface area contributed by atoms with E-state index in [4.69, 9.17) is 23.2 Å². The first kappa shape index (κ1) is 18.6. The number of rotatable bonds is 5. The van der Waals surface area contributed by atoms with Gasteiger partial charge in [-0.2, -0.15) is 5.10 Å². The first-order valence-electron chi connectivity index (χ1n) is 7.51. The number of amides is 1. The van der Waals surface area contributed by atoms with Gasteiger partial charge in [0.2, 0.25) is 5.91 Å². The van der Waals surface area contributed by atoms with E-state index in [2.05, 4.69) is 15.4 Å². The molecule has 0 aliphatic heterocycles. The normalized spacial score (nSPS) is 10.9. The zero-order valence-corrected chi connectivity index (χ0v) is 15.1. The SMILES string of the molecule is O=C(C=Cc1ccc(Cl)c([N+](=O)[O-])c1)Nc1cc(Cl)ccc1-n1cncn1. The Morgan fingerprint density at radius 1 is 1.22 bits per heavy atom. The minimum absolute atomic E-state index is 0.0259. The molecule has 0 spiro atoms. The number of nitrogens with one attached hydrogen (secondary N) is 1. The molecule has 1 aromatic heterocycles. The van der Waals surface area contributed by atoms with Crippen LogP contribution in [0.25, 0.3) is 11.8 Å². The van der Waals surface area contributed by atoms with Gasteiger partial charge >= 0.3 is 0 Å². The van der Waals surface area contributed by atoms with Crippen molar-refractivity contribution in [2.45, 2.75) is 0 Å². The van der Waals surface area contributed by atoms with Gasteiger partial charge in [0.05, 0.1) is 16.3 Å². The van der Waals surface area contributed by atoms with Crippen molar-refractivity contribution >= 4 is 46.6 Å². The monoisotopic (exact) mass is 403 g/mol. The molecule has 0 fully saturated rings. The number of carbonyl (C=O) groups is 1. The van der Waals surface area contributed by atoms with E-state index in [1.165, 1.54) is 41.6 Å². The maximum absolute atomic E-state index is 12.3. The van der Waals surface area contributed by atoms with Crippen LogP contribution in [-0.4, -0.2) is 25.6 Å². The van der Waals surface area contributed by atoms with Crippen molar-refractivity contribution in [3.8, 4) is 5.69 Å². The Balaban J connectivity index is 1.81. The Morgan fingerprint density at radius 2 is 2.04 bits per heavy atom. The summed E-state index contributed by atoms with van der Waals surface area (Å²) in [6.07, 6.45) is 5.55. The van der Waals surface area contributed by atoms with Gasteiger partial charge in [0, 0.05) is 17.2 Å². The summed E-state index contributed by atoms with van der Waals surface area (Å²) in [5.74, 6) is -0.448. The van der Waals surface area contributed by atoms with Gasteiger partial charge < -0.3 is 5.32 Å². The Morgan fingerprint density at radius 3 is 2.74 bits per heavy atom. The molecule has 10 heteroatoms. The molecule has 0 aliphatic carbocycles. The number of carbonyl (C=O) groups excluding carboxylic acids is 1. The van der Waals surface area contributed by atoms with Gasteiger partial charge in [-0.25, -0.2) is 9.67 Å². The number of nitro groups is 1. The van der Waals surface area contributed by atoms with Crippen LogP contribution in [0.2, 0.25) is 10.0 Å². The highest BCUT2D eigenvalue weighted by molar-refractivity contribution is 6.32. The van der Waals surface area contributed by atoms with Crippen molar-refractivity contribution in [1.82, 2.24) is 14.8 Å². The molecular formula is C17H11Cl2N5O3. The van der Waals surface area contributed by atoms with Crippen LogP contribution in [0.1, 0.15) is 5.56 Å². The molecule has 136 valence electrons. The molecular weight excluding hydrogens is 393 g/mol. The van der Waals surface area contributed by atoms with Crippen molar-refractivity contribution in [1.29, 1.82) is 0 Å². The van der Waals surface area contributed by atoms with E-state index in [1.54, 1.807) is 24.3 Å². The minimum Gasteiger partial charge on any atom is -0.321 e. The minimum atomic E-state index is -0.587. The average molecular weight is 404 g/mol. The Labute approximate surface area is 163 Å². The number of hydrogen-bond donors (Lipinski definition) is 1. The van der Waals surface area contributed by atoms with Crippen LogP contribution in [0, 0.1) is 10.1 Å². The van der Waals surface area contributed by atoms with E-state index in [9.17, 15) is 14.9 Å². The van der Waals surface area contributed by atoms with E-state index in [0.717, 1.165) is 0 Å². The molecule has 0 unspecified atom stereocenters. The molecule has 0 radical (unpaired) electrons. The fourth-order valence-corrected chi connectivity index (χ4v) is 2.62. The second-order valence-corrected chi connectivity index (χ2v) is 6.14. The average Bonchev–Trinajstić information content (AvgIpc) is 3.15. The maximum Gasteiger partial charge on any atom is 0.288 e. The Bertz CT molecular complexity index is 1040. The quantitative estimate of drug-likeness (QED) is 0.391. The van der Waals surface area contributed by atoms with Crippen molar-refractivity contribution in [3.63, 3.8) is 0 Å². The summed E-state index contributed by atoms with van der Waals surface area (Å²) in [5, 5.41) is 18.1. The largest absolute Gasteiger partial charge is 0.321 e.